The average Bonchev–Trinajstić information content (AvgIpc) is 2.69. The number of nitrogens with one attached hydrogen (secondary N) is 1. The second-order valence-corrected chi connectivity index (χ2v) is 8.26. The Morgan fingerprint density at radius 1 is 1.11 bits per heavy atom. The molecule has 0 atom stereocenters. The predicted octanol–water partition coefficient (Wildman–Crippen LogP) is 1.94. The van der Waals surface area contributed by atoms with Gasteiger partial charge in [0.2, 0.25) is 15.9 Å². The van der Waals surface area contributed by atoms with E-state index in [9.17, 15) is 18.3 Å². The molecule has 0 spiro atoms. The van der Waals surface area contributed by atoms with Crippen molar-refractivity contribution in [2.24, 2.45) is 11.0 Å². The number of rotatable bonds is 5. The first-order valence-electron chi connectivity index (χ1n) is 8.64. The van der Waals surface area contributed by atoms with Gasteiger partial charge in [-0.15, -0.1) is 0 Å². The van der Waals surface area contributed by atoms with E-state index in [-0.39, 0.29) is 22.5 Å². The molecule has 1 aliphatic rings. The molecule has 142 valence electrons. The number of aromatic hydroxyl groups is 1. The summed E-state index contributed by atoms with van der Waals surface area (Å²) in [6.07, 6.45) is 2.34. The molecular weight excluding hydrogens is 366 g/mol. The van der Waals surface area contributed by atoms with Crippen molar-refractivity contribution in [3.8, 4) is 5.75 Å². The molecule has 0 aliphatic carbocycles. The number of nitrogens with zero attached hydrogens (tertiary/aromatic N) is 2. The topological polar surface area (TPSA) is 99.1 Å². The molecule has 2 aromatic carbocycles. The molecule has 0 unspecified atom stereocenters. The number of sulfonamides is 1. The van der Waals surface area contributed by atoms with E-state index in [0.717, 1.165) is 0 Å². The normalized spacial score (nSPS) is 16.4. The molecular formula is C19H21N3O4S. The first-order chi connectivity index (χ1) is 13.0. The molecule has 0 bridgehead atoms. The zero-order valence-corrected chi connectivity index (χ0v) is 15.5. The summed E-state index contributed by atoms with van der Waals surface area (Å²) < 4.78 is 26.6. The number of benzene rings is 2. The Balaban J connectivity index is 1.53. The fraction of sp³-hybridized carbons (Fsp3) is 0.263. The van der Waals surface area contributed by atoms with Gasteiger partial charge in [0.15, 0.2) is 0 Å². The number of hydrazone groups is 1. The number of piperidine rings is 1. The van der Waals surface area contributed by atoms with Crippen LogP contribution in [0.25, 0.3) is 0 Å². The van der Waals surface area contributed by atoms with Crippen molar-refractivity contribution in [1.29, 1.82) is 0 Å². The predicted molar refractivity (Wildman–Crippen MR) is 102 cm³/mol. The summed E-state index contributed by atoms with van der Waals surface area (Å²) in [5.41, 5.74) is 3.15. The molecule has 2 aromatic rings. The van der Waals surface area contributed by atoms with E-state index in [1.165, 1.54) is 16.6 Å². The summed E-state index contributed by atoms with van der Waals surface area (Å²) in [4.78, 5) is 12.5. The molecule has 0 radical (unpaired) electrons. The van der Waals surface area contributed by atoms with Gasteiger partial charge in [-0.05, 0) is 42.7 Å². The minimum atomic E-state index is -3.52. The second-order valence-electron chi connectivity index (χ2n) is 6.32. The van der Waals surface area contributed by atoms with Crippen LogP contribution >= 0.6 is 0 Å². The molecule has 1 heterocycles. The van der Waals surface area contributed by atoms with E-state index in [1.807, 2.05) is 0 Å². The Kier molecular flexibility index (Phi) is 5.88. The Bertz CT molecular complexity index is 921. The smallest absolute Gasteiger partial charge is 0.243 e. The molecule has 1 saturated heterocycles. The van der Waals surface area contributed by atoms with Crippen molar-refractivity contribution < 1.29 is 18.3 Å². The zero-order chi connectivity index (χ0) is 19.3. The van der Waals surface area contributed by atoms with Crippen LogP contribution in [0, 0.1) is 5.92 Å². The SMILES string of the molecule is O=C(N/N=C\c1cccc(O)c1)C1CCN(S(=O)(=O)c2ccccc2)CC1. The number of hydrogen-bond donors (Lipinski definition) is 2. The van der Waals surface area contributed by atoms with Crippen molar-refractivity contribution in [3.05, 3.63) is 60.2 Å². The van der Waals surface area contributed by atoms with Gasteiger partial charge in [-0.3, -0.25) is 4.79 Å². The van der Waals surface area contributed by atoms with Crippen LogP contribution in [-0.2, 0) is 14.8 Å². The molecule has 2 N–H and O–H groups in total. The monoisotopic (exact) mass is 387 g/mol. The minimum absolute atomic E-state index is 0.122. The zero-order valence-electron chi connectivity index (χ0n) is 14.7. The highest BCUT2D eigenvalue weighted by Gasteiger charge is 2.31. The van der Waals surface area contributed by atoms with E-state index < -0.39 is 10.0 Å². The maximum atomic E-state index is 12.6. The Morgan fingerprint density at radius 3 is 2.48 bits per heavy atom. The van der Waals surface area contributed by atoms with Crippen molar-refractivity contribution in [2.45, 2.75) is 17.7 Å². The van der Waals surface area contributed by atoms with E-state index >= 15 is 0 Å². The van der Waals surface area contributed by atoms with Crippen LogP contribution < -0.4 is 5.43 Å². The molecule has 8 heteroatoms. The van der Waals surface area contributed by atoms with Gasteiger partial charge in [0.05, 0.1) is 11.1 Å². The van der Waals surface area contributed by atoms with Crippen LogP contribution in [0.3, 0.4) is 0 Å². The summed E-state index contributed by atoms with van der Waals surface area (Å²) in [6.45, 7) is 0.594. The Hall–Kier alpha value is -2.71. The highest BCUT2D eigenvalue weighted by Crippen LogP contribution is 2.23. The number of amides is 1. The summed E-state index contributed by atoms with van der Waals surface area (Å²) in [6, 6.07) is 14.8. The standard InChI is InChI=1S/C19H21N3O4S/c23-17-6-4-5-15(13-17)14-20-21-19(24)16-9-11-22(12-10-16)27(25,26)18-7-2-1-3-8-18/h1-8,13-14,16,23H,9-12H2,(H,21,24)/b20-14-. The molecule has 1 aliphatic heterocycles. The van der Waals surface area contributed by atoms with Crippen molar-refractivity contribution in [2.75, 3.05) is 13.1 Å². The molecule has 1 amide bonds. The maximum Gasteiger partial charge on any atom is 0.243 e. The van der Waals surface area contributed by atoms with Gasteiger partial charge >= 0.3 is 0 Å². The highest BCUT2D eigenvalue weighted by atomic mass is 32.2. The van der Waals surface area contributed by atoms with E-state index in [1.54, 1.807) is 48.5 Å². The number of hydrogen-bond acceptors (Lipinski definition) is 5. The maximum absolute atomic E-state index is 12.6. The lowest BCUT2D eigenvalue weighted by Gasteiger charge is -2.30. The van der Waals surface area contributed by atoms with Crippen LogP contribution in [0.4, 0.5) is 0 Å². The van der Waals surface area contributed by atoms with E-state index in [4.69, 9.17) is 0 Å². The fourth-order valence-electron chi connectivity index (χ4n) is 2.97. The van der Waals surface area contributed by atoms with Gasteiger partial charge in [0, 0.05) is 19.0 Å². The summed E-state index contributed by atoms with van der Waals surface area (Å²) >= 11 is 0. The molecule has 27 heavy (non-hydrogen) atoms. The summed E-state index contributed by atoms with van der Waals surface area (Å²) in [5.74, 6) is -0.394. The molecule has 0 saturated carbocycles. The Labute approximate surface area is 158 Å². The fourth-order valence-corrected chi connectivity index (χ4v) is 4.46. The minimum Gasteiger partial charge on any atom is -0.508 e. The van der Waals surface area contributed by atoms with Gasteiger partial charge in [0.1, 0.15) is 5.75 Å². The number of carbonyl (C=O) groups excluding carboxylic acids is 1. The lowest BCUT2D eigenvalue weighted by Crippen LogP contribution is -2.42. The van der Waals surface area contributed by atoms with Gasteiger partial charge in [-0.1, -0.05) is 30.3 Å². The van der Waals surface area contributed by atoms with Gasteiger partial charge < -0.3 is 5.11 Å². The van der Waals surface area contributed by atoms with Crippen LogP contribution in [0.5, 0.6) is 5.75 Å². The third kappa shape index (κ3) is 4.72. The summed E-state index contributed by atoms with van der Waals surface area (Å²) in [7, 11) is -3.52. The lowest BCUT2D eigenvalue weighted by molar-refractivity contribution is -0.126. The van der Waals surface area contributed by atoms with Gasteiger partial charge in [0.25, 0.3) is 0 Å². The van der Waals surface area contributed by atoms with Crippen molar-refractivity contribution >= 4 is 22.1 Å². The highest BCUT2D eigenvalue weighted by molar-refractivity contribution is 7.89. The lowest BCUT2D eigenvalue weighted by atomic mass is 9.98. The average molecular weight is 387 g/mol. The second kappa shape index (κ2) is 8.32. The summed E-state index contributed by atoms with van der Waals surface area (Å²) in [5, 5.41) is 13.3. The molecule has 1 fully saturated rings. The first-order valence-corrected chi connectivity index (χ1v) is 10.1. The quantitative estimate of drug-likeness (QED) is 0.605. The number of phenols is 1. The first kappa shape index (κ1) is 19.1. The van der Waals surface area contributed by atoms with Crippen LogP contribution in [0.15, 0.2) is 64.6 Å². The van der Waals surface area contributed by atoms with Crippen molar-refractivity contribution in [1.82, 2.24) is 9.73 Å². The molecule has 3 rings (SSSR count). The van der Waals surface area contributed by atoms with Crippen molar-refractivity contribution in [3.63, 3.8) is 0 Å². The third-order valence-electron chi connectivity index (χ3n) is 4.46. The van der Waals surface area contributed by atoms with E-state index in [0.29, 0.717) is 31.5 Å². The molecule has 7 nitrogen and oxygen atoms in total. The van der Waals surface area contributed by atoms with Crippen LogP contribution in [-0.4, -0.2) is 43.0 Å². The van der Waals surface area contributed by atoms with Crippen LogP contribution in [0.2, 0.25) is 0 Å². The molecule has 0 aromatic heterocycles. The number of carbonyl (C=O) groups is 1. The third-order valence-corrected chi connectivity index (χ3v) is 6.38. The van der Waals surface area contributed by atoms with Gasteiger partial charge in [-0.2, -0.15) is 9.41 Å². The van der Waals surface area contributed by atoms with Gasteiger partial charge in [-0.25, -0.2) is 13.8 Å². The Morgan fingerprint density at radius 2 is 1.81 bits per heavy atom. The van der Waals surface area contributed by atoms with Crippen LogP contribution in [0.1, 0.15) is 18.4 Å². The number of phenolic OH excluding ortho intramolecular Hbond substituents is 1. The largest absolute Gasteiger partial charge is 0.508 e. The van der Waals surface area contributed by atoms with E-state index in [2.05, 4.69) is 10.5 Å².